The molecule has 0 saturated carbocycles. The molecule has 0 aliphatic rings. The Hall–Kier alpha value is -1.88. The monoisotopic (exact) mass is 438 g/mol. The van der Waals surface area contributed by atoms with Crippen LogP contribution in [0.25, 0.3) is 11.1 Å². The van der Waals surface area contributed by atoms with Crippen molar-refractivity contribution in [2.75, 3.05) is 13.2 Å². The van der Waals surface area contributed by atoms with Crippen molar-refractivity contribution >= 4 is 14.9 Å². The van der Waals surface area contributed by atoms with E-state index in [4.69, 9.17) is 13.9 Å². The van der Waals surface area contributed by atoms with Gasteiger partial charge in [0.2, 0.25) is 0 Å². The summed E-state index contributed by atoms with van der Waals surface area (Å²) in [4.78, 5) is 0. The van der Waals surface area contributed by atoms with E-state index in [0.717, 1.165) is 5.19 Å². The van der Waals surface area contributed by atoms with Gasteiger partial charge in [-0.2, -0.15) is 26.3 Å². The summed E-state index contributed by atoms with van der Waals surface area (Å²) in [5.41, 5.74) is -2.62. The number of rotatable bonds is 8. The summed E-state index contributed by atoms with van der Waals surface area (Å²) < 4.78 is 94.2. The molecule has 0 radical (unpaired) electrons. The van der Waals surface area contributed by atoms with Gasteiger partial charge >= 0.3 is 12.4 Å². The Labute approximate surface area is 166 Å². The second-order valence-corrected chi connectivity index (χ2v) is 7.44. The first-order chi connectivity index (χ1) is 13.5. The lowest BCUT2D eigenvalue weighted by molar-refractivity contribution is -0.242. The van der Waals surface area contributed by atoms with E-state index in [2.05, 4.69) is 0 Å². The Morgan fingerprint density at radius 1 is 0.759 bits per heavy atom. The molecule has 0 saturated heterocycles. The standard InChI is InChI=1S/C19H20F6O3Si/c1-3-26-17(27-4-2)28-29-16-7-5-12(6-8-16)13-9-14(18(20,21)22)11-15(10-13)19(23,24)25/h5-11,17H,3-4,29H2,1-2H3. The van der Waals surface area contributed by atoms with Crippen molar-refractivity contribution in [2.24, 2.45) is 0 Å². The Balaban J connectivity index is 2.24. The van der Waals surface area contributed by atoms with Crippen LogP contribution in [0.3, 0.4) is 0 Å². The van der Waals surface area contributed by atoms with E-state index in [0.29, 0.717) is 25.3 Å². The van der Waals surface area contributed by atoms with E-state index >= 15 is 0 Å². The normalized spacial score (nSPS) is 13.0. The molecule has 10 heteroatoms. The average Bonchev–Trinajstić information content (AvgIpc) is 2.65. The van der Waals surface area contributed by atoms with Crippen LogP contribution in [0.2, 0.25) is 0 Å². The summed E-state index contributed by atoms with van der Waals surface area (Å²) in [5.74, 6) is 0. The predicted octanol–water partition coefficient (Wildman–Crippen LogP) is 4.47. The minimum absolute atomic E-state index is 0.111. The highest BCUT2D eigenvalue weighted by Gasteiger charge is 2.37. The van der Waals surface area contributed by atoms with Crippen LogP contribution in [0.1, 0.15) is 25.0 Å². The quantitative estimate of drug-likeness (QED) is 0.346. The molecule has 2 aromatic carbocycles. The SMILES string of the molecule is CCOC(OCC)O[SiH2]c1ccc(-c2cc(C(F)(F)F)cc(C(F)(F)F)c2)cc1. The van der Waals surface area contributed by atoms with Crippen molar-refractivity contribution < 1.29 is 40.2 Å². The second-order valence-electron chi connectivity index (χ2n) is 6.00. The van der Waals surface area contributed by atoms with Crippen molar-refractivity contribution in [3.8, 4) is 11.1 Å². The van der Waals surface area contributed by atoms with Crippen LogP contribution >= 0.6 is 0 Å². The maximum absolute atomic E-state index is 13.0. The Kier molecular flexibility index (Phi) is 7.86. The van der Waals surface area contributed by atoms with E-state index in [9.17, 15) is 26.3 Å². The lowest BCUT2D eigenvalue weighted by atomic mass is 9.99. The zero-order chi connectivity index (χ0) is 21.7. The van der Waals surface area contributed by atoms with Gasteiger partial charge in [-0.05, 0) is 48.4 Å². The highest BCUT2D eigenvalue weighted by molar-refractivity contribution is 6.46. The van der Waals surface area contributed by atoms with Gasteiger partial charge in [0.25, 0.3) is 6.48 Å². The lowest BCUT2D eigenvalue weighted by Gasteiger charge is -2.17. The zero-order valence-corrected chi connectivity index (χ0v) is 17.1. The fourth-order valence-electron chi connectivity index (χ4n) is 2.50. The van der Waals surface area contributed by atoms with Crippen molar-refractivity contribution in [3.63, 3.8) is 0 Å². The van der Waals surface area contributed by atoms with Crippen LogP contribution in [0.4, 0.5) is 26.3 Å². The summed E-state index contributed by atoms with van der Waals surface area (Å²) in [5, 5.41) is 0.793. The molecule has 0 N–H and O–H groups in total. The van der Waals surface area contributed by atoms with Gasteiger partial charge in [0.05, 0.1) is 11.1 Å². The van der Waals surface area contributed by atoms with Gasteiger partial charge in [-0.3, -0.25) is 0 Å². The van der Waals surface area contributed by atoms with E-state index < -0.39 is 39.7 Å². The zero-order valence-electron chi connectivity index (χ0n) is 15.7. The molecule has 2 aromatic rings. The molecule has 3 nitrogen and oxygen atoms in total. The molecule has 0 spiro atoms. The molecule has 0 unspecified atom stereocenters. The molecular weight excluding hydrogens is 418 g/mol. The van der Waals surface area contributed by atoms with E-state index in [1.54, 1.807) is 26.0 Å². The highest BCUT2D eigenvalue weighted by atomic mass is 28.2. The summed E-state index contributed by atoms with van der Waals surface area (Å²) in [6.45, 7) is 3.57. The van der Waals surface area contributed by atoms with Gasteiger partial charge in [-0.25, -0.2) is 0 Å². The summed E-state index contributed by atoms with van der Waals surface area (Å²) >= 11 is 0. The first-order valence-corrected chi connectivity index (χ1v) is 10.1. The molecule has 0 aliphatic carbocycles. The number of hydrogen-bond acceptors (Lipinski definition) is 3. The third kappa shape index (κ3) is 6.84. The summed E-state index contributed by atoms with van der Waals surface area (Å²) in [6, 6.07) is 7.69. The largest absolute Gasteiger partial charge is 0.416 e. The van der Waals surface area contributed by atoms with Crippen LogP contribution in [0, 0.1) is 0 Å². The minimum atomic E-state index is -4.88. The third-order valence-electron chi connectivity index (χ3n) is 3.87. The van der Waals surface area contributed by atoms with Crippen molar-refractivity contribution in [1.29, 1.82) is 0 Å². The van der Waals surface area contributed by atoms with E-state index in [-0.39, 0.29) is 17.2 Å². The van der Waals surface area contributed by atoms with Gasteiger partial charge in [-0.1, -0.05) is 24.3 Å². The van der Waals surface area contributed by atoms with Crippen molar-refractivity contribution in [2.45, 2.75) is 32.7 Å². The Morgan fingerprint density at radius 2 is 1.24 bits per heavy atom. The molecule has 0 aromatic heterocycles. The fourth-order valence-corrected chi connectivity index (χ4v) is 3.44. The topological polar surface area (TPSA) is 27.7 Å². The molecule has 29 heavy (non-hydrogen) atoms. The molecule has 0 heterocycles. The number of ether oxygens (including phenoxy) is 2. The maximum Gasteiger partial charge on any atom is 0.416 e. The third-order valence-corrected chi connectivity index (χ3v) is 5.11. The van der Waals surface area contributed by atoms with Crippen LogP contribution in [0.5, 0.6) is 0 Å². The number of benzene rings is 2. The fraction of sp³-hybridized carbons (Fsp3) is 0.368. The smallest absolute Gasteiger partial charge is 0.373 e. The van der Waals surface area contributed by atoms with Crippen LogP contribution < -0.4 is 5.19 Å². The minimum Gasteiger partial charge on any atom is -0.373 e. The van der Waals surface area contributed by atoms with Crippen LogP contribution in [0.15, 0.2) is 42.5 Å². The molecule has 2 rings (SSSR count). The van der Waals surface area contributed by atoms with Crippen LogP contribution in [-0.4, -0.2) is 29.5 Å². The van der Waals surface area contributed by atoms with Gasteiger partial charge in [-0.15, -0.1) is 0 Å². The number of alkyl halides is 6. The van der Waals surface area contributed by atoms with Crippen molar-refractivity contribution in [3.05, 3.63) is 53.6 Å². The molecule has 0 bridgehead atoms. The van der Waals surface area contributed by atoms with Gasteiger partial charge in [0.1, 0.15) is 0 Å². The highest BCUT2D eigenvalue weighted by Crippen LogP contribution is 2.38. The first-order valence-electron chi connectivity index (χ1n) is 8.78. The van der Waals surface area contributed by atoms with E-state index in [1.807, 2.05) is 0 Å². The van der Waals surface area contributed by atoms with Gasteiger partial charge < -0.3 is 13.9 Å². The van der Waals surface area contributed by atoms with Gasteiger partial charge in [0.15, 0.2) is 9.76 Å². The van der Waals surface area contributed by atoms with Gasteiger partial charge in [0, 0.05) is 13.2 Å². The van der Waals surface area contributed by atoms with Crippen molar-refractivity contribution in [1.82, 2.24) is 0 Å². The molecule has 0 fully saturated rings. The molecule has 0 atom stereocenters. The Bertz CT molecular complexity index is 752. The van der Waals surface area contributed by atoms with E-state index in [1.165, 1.54) is 12.1 Å². The summed E-state index contributed by atoms with van der Waals surface area (Å²) in [6.07, 6.45) is -9.77. The lowest BCUT2D eigenvalue weighted by Crippen LogP contribution is -2.28. The number of hydrogen-bond donors (Lipinski definition) is 0. The number of halogens is 6. The molecule has 0 amide bonds. The maximum atomic E-state index is 13.0. The molecule has 160 valence electrons. The Morgan fingerprint density at radius 3 is 1.66 bits per heavy atom. The summed E-state index contributed by atoms with van der Waals surface area (Å²) in [7, 11) is -1.27. The molecular formula is C19H20F6O3Si. The predicted molar refractivity (Wildman–Crippen MR) is 98.2 cm³/mol. The molecule has 0 aliphatic heterocycles. The average molecular weight is 438 g/mol. The van der Waals surface area contributed by atoms with Crippen LogP contribution in [-0.2, 0) is 26.3 Å². The first kappa shape index (κ1) is 23.4. The second kappa shape index (κ2) is 9.75.